The maximum absolute atomic E-state index is 13.0. The van der Waals surface area contributed by atoms with Crippen LogP contribution in [0.4, 0.5) is 9.39 Å². The molecule has 3 rings (SSSR count). The molecule has 0 radical (unpaired) electrons. The van der Waals surface area contributed by atoms with Crippen LogP contribution in [0.3, 0.4) is 0 Å². The highest BCUT2D eigenvalue weighted by atomic mass is 32.1. The minimum Gasteiger partial charge on any atom is -0.478 e. The van der Waals surface area contributed by atoms with E-state index in [4.69, 9.17) is 0 Å². The summed E-state index contributed by atoms with van der Waals surface area (Å²) < 4.78 is 13.0. The predicted octanol–water partition coefficient (Wildman–Crippen LogP) is 2.72. The molecule has 0 spiro atoms. The number of carbonyl (C=O) groups is 2. The summed E-state index contributed by atoms with van der Waals surface area (Å²) in [4.78, 5) is 27.9. The van der Waals surface area contributed by atoms with Crippen LogP contribution in [0.1, 0.15) is 37.6 Å². The Labute approximate surface area is 123 Å². The highest BCUT2D eigenvalue weighted by Gasteiger charge is 2.27. The lowest BCUT2D eigenvalue weighted by Crippen LogP contribution is -2.14. The van der Waals surface area contributed by atoms with Crippen LogP contribution < -0.4 is 5.32 Å². The Morgan fingerprint density at radius 1 is 1.38 bits per heavy atom. The monoisotopic (exact) mass is 306 g/mol. The van der Waals surface area contributed by atoms with Crippen molar-refractivity contribution < 1.29 is 19.1 Å². The molecule has 2 N–H and O–H groups in total. The molecule has 0 unspecified atom stereocenters. The topological polar surface area (TPSA) is 79.3 Å². The number of aryl methyl sites for hydroxylation is 1. The molecule has 5 nitrogen and oxygen atoms in total. The molecule has 0 fully saturated rings. The highest BCUT2D eigenvalue weighted by molar-refractivity contribution is 7.17. The number of carbonyl (C=O) groups excluding carboxylic acids is 1. The van der Waals surface area contributed by atoms with Crippen molar-refractivity contribution in [2.24, 2.45) is 0 Å². The number of thiophene rings is 1. The number of pyridine rings is 1. The number of anilines is 1. The number of hydrogen-bond acceptors (Lipinski definition) is 4. The van der Waals surface area contributed by atoms with Crippen molar-refractivity contribution in [3.8, 4) is 0 Å². The number of rotatable bonds is 3. The minimum atomic E-state index is -1.05. The number of fused-ring (bicyclic) bond motifs is 1. The molecule has 108 valence electrons. The SMILES string of the molecule is O=C(Nc1sc2c(c1C(=O)O)CCC2)c1ccnc(F)c1. The third kappa shape index (κ3) is 2.52. The van der Waals surface area contributed by atoms with Crippen LogP contribution in [0, 0.1) is 5.95 Å². The van der Waals surface area contributed by atoms with Crippen molar-refractivity contribution in [2.45, 2.75) is 19.3 Å². The molecule has 2 aromatic rings. The molecule has 0 bridgehead atoms. The van der Waals surface area contributed by atoms with Crippen LogP contribution in [-0.4, -0.2) is 22.0 Å². The first-order valence-electron chi connectivity index (χ1n) is 6.37. The van der Waals surface area contributed by atoms with Gasteiger partial charge in [-0.3, -0.25) is 4.79 Å². The number of carboxylic acid groups (broad SMARTS) is 1. The second-order valence-electron chi connectivity index (χ2n) is 4.69. The summed E-state index contributed by atoms with van der Waals surface area (Å²) in [5.74, 6) is -2.35. The number of aromatic carboxylic acids is 1. The van der Waals surface area contributed by atoms with E-state index in [2.05, 4.69) is 10.3 Å². The smallest absolute Gasteiger partial charge is 0.339 e. The molecule has 1 aliphatic rings. The Bertz CT molecular complexity index is 742. The van der Waals surface area contributed by atoms with Gasteiger partial charge in [-0.15, -0.1) is 11.3 Å². The maximum atomic E-state index is 13.0. The zero-order valence-electron chi connectivity index (χ0n) is 10.9. The summed E-state index contributed by atoms with van der Waals surface area (Å²) in [6, 6.07) is 2.39. The quantitative estimate of drug-likeness (QED) is 0.855. The van der Waals surface area contributed by atoms with Crippen LogP contribution in [0.2, 0.25) is 0 Å². The zero-order chi connectivity index (χ0) is 15.0. The van der Waals surface area contributed by atoms with Gasteiger partial charge in [-0.2, -0.15) is 4.39 Å². The zero-order valence-corrected chi connectivity index (χ0v) is 11.7. The molecule has 7 heteroatoms. The Hall–Kier alpha value is -2.28. The highest BCUT2D eigenvalue weighted by Crippen LogP contribution is 2.39. The predicted molar refractivity (Wildman–Crippen MR) is 75.5 cm³/mol. The Kier molecular flexibility index (Phi) is 3.42. The van der Waals surface area contributed by atoms with Crippen molar-refractivity contribution in [3.05, 3.63) is 45.8 Å². The summed E-state index contributed by atoms with van der Waals surface area (Å²) in [5.41, 5.74) is 1.08. The van der Waals surface area contributed by atoms with E-state index >= 15 is 0 Å². The fraction of sp³-hybridized carbons (Fsp3) is 0.214. The van der Waals surface area contributed by atoms with E-state index < -0.39 is 17.8 Å². The van der Waals surface area contributed by atoms with Crippen molar-refractivity contribution >= 4 is 28.2 Å². The van der Waals surface area contributed by atoms with Gasteiger partial charge in [0.2, 0.25) is 5.95 Å². The van der Waals surface area contributed by atoms with Crippen molar-refractivity contribution in [2.75, 3.05) is 5.32 Å². The van der Waals surface area contributed by atoms with E-state index in [1.165, 1.54) is 23.6 Å². The summed E-state index contributed by atoms with van der Waals surface area (Å²) in [5, 5.41) is 12.2. The Balaban J connectivity index is 1.92. The van der Waals surface area contributed by atoms with Gasteiger partial charge in [0.25, 0.3) is 5.91 Å². The summed E-state index contributed by atoms with van der Waals surface area (Å²) in [6.07, 6.45) is 3.68. The largest absolute Gasteiger partial charge is 0.478 e. The lowest BCUT2D eigenvalue weighted by molar-refractivity contribution is 0.0697. The first-order valence-corrected chi connectivity index (χ1v) is 7.18. The van der Waals surface area contributed by atoms with E-state index in [1.54, 1.807) is 0 Å². The first-order chi connectivity index (χ1) is 10.1. The summed E-state index contributed by atoms with van der Waals surface area (Å²) in [6.45, 7) is 0. The van der Waals surface area contributed by atoms with Gasteiger partial charge in [-0.25, -0.2) is 9.78 Å². The fourth-order valence-electron chi connectivity index (χ4n) is 2.44. The number of hydrogen-bond donors (Lipinski definition) is 2. The van der Waals surface area contributed by atoms with Gasteiger partial charge >= 0.3 is 5.97 Å². The van der Waals surface area contributed by atoms with Crippen molar-refractivity contribution in [1.82, 2.24) is 4.98 Å². The third-order valence-corrected chi connectivity index (χ3v) is 4.56. The second-order valence-corrected chi connectivity index (χ2v) is 5.79. The molecule has 0 aromatic carbocycles. The van der Waals surface area contributed by atoms with Gasteiger partial charge in [-0.1, -0.05) is 0 Å². The summed E-state index contributed by atoms with van der Waals surface area (Å²) in [7, 11) is 0. The lowest BCUT2D eigenvalue weighted by atomic mass is 10.1. The molecule has 2 aromatic heterocycles. The van der Waals surface area contributed by atoms with Crippen LogP contribution in [0.15, 0.2) is 18.3 Å². The van der Waals surface area contributed by atoms with Crippen molar-refractivity contribution in [3.63, 3.8) is 0 Å². The average Bonchev–Trinajstić information content (AvgIpc) is 2.98. The van der Waals surface area contributed by atoms with E-state index in [0.717, 1.165) is 29.3 Å². The van der Waals surface area contributed by atoms with Gasteiger partial charge in [0, 0.05) is 22.7 Å². The van der Waals surface area contributed by atoms with Gasteiger partial charge in [0.1, 0.15) is 5.00 Å². The van der Waals surface area contributed by atoms with Crippen LogP contribution in [0.25, 0.3) is 0 Å². The summed E-state index contributed by atoms with van der Waals surface area (Å²) >= 11 is 1.28. The molecule has 0 saturated heterocycles. The van der Waals surface area contributed by atoms with E-state index in [1.807, 2.05) is 0 Å². The average molecular weight is 306 g/mol. The Morgan fingerprint density at radius 2 is 2.19 bits per heavy atom. The van der Waals surface area contributed by atoms with Crippen LogP contribution in [-0.2, 0) is 12.8 Å². The molecule has 0 saturated carbocycles. The minimum absolute atomic E-state index is 0.104. The van der Waals surface area contributed by atoms with Gasteiger partial charge < -0.3 is 10.4 Å². The van der Waals surface area contributed by atoms with Crippen LogP contribution >= 0.6 is 11.3 Å². The molecule has 21 heavy (non-hydrogen) atoms. The van der Waals surface area contributed by atoms with E-state index in [9.17, 15) is 19.1 Å². The standard InChI is InChI=1S/C14H11FN2O3S/c15-10-6-7(4-5-16-10)12(18)17-13-11(14(19)20)8-2-1-3-9(8)21-13/h4-6H,1-3H2,(H,17,18)(H,19,20). The molecule has 0 atom stereocenters. The maximum Gasteiger partial charge on any atom is 0.339 e. The number of amides is 1. The van der Waals surface area contributed by atoms with Gasteiger partial charge in [-0.05, 0) is 30.9 Å². The molecule has 2 heterocycles. The van der Waals surface area contributed by atoms with Crippen molar-refractivity contribution in [1.29, 1.82) is 0 Å². The lowest BCUT2D eigenvalue weighted by Gasteiger charge is -2.05. The number of aromatic nitrogens is 1. The van der Waals surface area contributed by atoms with E-state index in [0.29, 0.717) is 11.4 Å². The normalized spacial score (nSPS) is 13.0. The number of carboxylic acids is 1. The second kappa shape index (κ2) is 5.25. The van der Waals surface area contributed by atoms with E-state index in [-0.39, 0.29) is 11.1 Å². The van der Waals surface area contributed by atoms with Gasteiger partial charge in [0.05, 0.1) is 5.56 Å². The number of nitrogens with zero attached hydrogens (tertiary/aromatic N) is 1. The number of nitrogens with one attached hydrogen (secondary N) is 1. The van der Waals surface area contributed by atoms with Gasteiger partial charge in [0.15, 0.2) is 0 Å². The molecular formula is C14H11FN2O3S. The van der Waals surface area contributed by atoms with Crippen LogP contribution in [0.5, 0.6) is 0 Å². The Morgan fingerprint density at radius 3 is 2.90 bits per heavy atom. The first kappa shape index (κ1) is 13.7. The molecule has 1 aliphatic carbocycles. The molecule has 1 amide bonds. The molecule has 0 aliphatic heterocycles. The number of halogens is 1. The molecular weight excluding hydrogens is 295 g/mol. The fourth-order valence-corrected chi connectivity index (χ4v) is 3.71. The third-order valence-electron chi connectivity index (χ3n) is 3.35.